The third kappa shape index (κ3) is 2.45. The molecular formula is C9H17N3O2. The van der Waals surface area contributed by atoms with Crippen molar-refractivity contribution in [3.05, 3.63) is 16.4 Å². The predicted molar refractivity (Wildman–Crippen MR) is 53.0 cm³/mol. The Hall–Kier alpha value is -1.10. The van der Waals surface area contributed by atoms with Gasteiger partial charge in [0.2, 0.25) is 0 Å². The van der Waals surface area contributed by atoms with E-state index in [0.717, 1.165) is 12.8 Å². The molecule has 1 rings (SSSR count). The molecule has 0 aliphatic carbocycles. The Labute approximate surface area is 82.7 Å². The number of nitrogens with two attached hydrogens (primary N) is 1. The van der Waals surface area contributed by atoms with Gasteiger partial charge in [-0.05, 0) is 5.92 Å². The maximum Gasteiger partial charge on any atom is 0.438 e. The van der Waals surface area contributed by atoms with Gasteiger partial charge in [0, 0.05) is 12.5 Å². The van der Waals surface area contributed by atoms with Gasteiger partial charge in [-0.2, -0.15) is 0 Å². The van der Waals surface area contributed by atoms with Crippen molar-refractivity contribution in [1.29, 1.82) is 0 Å². The maximum atomic E-state index is 10.8. The van der Waals surface area contributed by atoms with Crippen LogP contribution in [0.25, 0.3) is 0 Å². The van der Waals surface area contributed by atoms with Gasteiger partial charge in [0.1, 0.15) is 0 Å². The second kappa shape index (κ2) is 4.95. The van der Waals surface area contributed by atoms with Gasteiger partial charge in [0.15, 0.2) is 5.82 Å². The summed E-state index contributed by atoms with van der Waals surface area (Å²) in [6.45, 7) is 4.70. The average Bonchev–Trinajstić information content (AvgIpc) is 2.54. The lowest BCUT2D eigenvalue weighted by Gasteiger charge is -2.18. The molecule has 1 heterocycles. The van der Waals surface area contributed by atoms with Crippen molar-refractivity contribution < 1.29 is 4.52 Å². The lowest BCUT2D eigenvalue weighted by atomic mass is 9.90. The van der Waals surface area contributed by atoms with E-state index in [2.05, 4.69) is 28.5 Å². The Kier molecular flexibility index (Phi) is 3.88. The van der Waals surface area contributed by atoms with Crippen molar-refractivity contribution in [3.8, 4) is 0 Å². The van der Waals surface area contributed by atoms with Crippen molar-refractivity contribution in [2.75, 3.05) is 6.54 Å². The summed E-state index contributed by atoms with van der Waals surface area (Å²) >= 11 is 0. The normalized spacial score (nSPS) is 15.4. The van der Waals surface area contributed by atoms with Crippen LogP contribution < -0.4 is 11.5 Å². The molecule has 3 N–H and O–H groups in total. The summed E-state index contributed by atoms with van der Waals surface area (Å²) in [5.74, 6) is 0.549. The molecule has 2 atom stereocenters. The molecule has 0 aromatic carbocycles. The van der Waals surface area contributed by atoms with E-state index in [4.69, 9.17) is 5.73 Å². The highest BCUT2D eigenvalue weighted by molar-refractivity contribution is 4.95. The van der Waals surface area contributed by atoms with Gasteiger partial charge < -0.3 is 5.73 Å². The quantitative estimate of drug-likeness (QED) is 0.736. The number of rotatable bonds is 5. The number of H-pyrrole nitrogens is 1. The SMILES string of the molecule is CCCC(C)C(CN)c1noc(=O)[nH]1. The monoisotopic (exact) mass is 199 g/mol. The molecule has 14 heavy (non-hydrogen) atoms. The number of hydrogen-bond donors (Lipinski definition) is 2. The van der Waals surface area contributed by atoms with Crippen LogP contribution in [0.4, 0.5) is 0 Å². The number of aromatic nitrogens is 2. The molecule has 5 nitrogen and oxygen atoms in total. The van der Waals surface area contributed by atoms with Crippen LogP contribution in [-0.2, 0) is 0 Å². The minimum Gasteiger partial charge on any atom is -0.330 e. The first-order valence-electron chi connectivity index (χ1n) is 4.95. The molecular weight excluding hydrogens is 182 g/mol. The van der Waals surface area contributed by atoms with E-state index in [0.29, 0.717) is 18.3 Å². The molecule has 0 aliphatic rings. The van der Waals surface area contributed by atoms with Gasteiger partial charge in [-0.1, -0.05) is 31.8 Å². The Morgan fingerprint density at radius 2 is 2.36 bits per heavy atom. The van der Waals surface area contributed by atoms with Crippen LogP contribution in [0.2, 0.25) is 0 Å². The van der Waals surface area contributed by atoms with E-state index >= 15 is 0 Å². The fourth-order valence-electron chi connectivity index (χ4n) is 1.67. The van der Waals surface area contributed by atoms with Gasteiger partial charge in [0.25, 0.3) is 0 Å². The fraction of sp³-hybridized carbons (Fsp3) is 0.778. The van der Waals surface area contributed by atoms with Crippen LogP contribution in [0, 0.1) is 5.92 Å². The van der Waals surface area contributed by atoms with Crippen LogP contribution in [0.1, 0.15) is 38.4 Å². The van der Waals surface area contributed by atoms with Gasteiger partial charge in [-0.25, -0.2) is 4.79 Å². The maximum absolute atomic E-state index is 10.8. The third-order valence-corrected chi connectivity index (χ3v) is 2.49. The van der Waals surface area contributed by atoms with Crippen molar-refractivity contribution in [3.63, 3.8) is 0 Å². The van der Waals surface area contributed by atoms with Crippen molar-refractivity contribution in [2.24, 2.45) is 11.7 Å². The van der Waals surface area contributed by atoms with E-state index in [1.54, 1.807) is 0 Å². The highest BCUT2D eigenvalue weighted by Crippen LogP contribution is 2.23. The Bertz CT molecular complexity index is 318. The number of nitrogens with zero attached hydrogens (tertiary/aromatic N) is 1. The molecule has 0 spiro atoms. The third-order valence-electron chi connectivity index (χ3n) is 2.49. The first-order chi connectivity index (χ1) is 6.69. The summed E-state index contributed by atoms with van der Waals surface area (Å²) in [5.41, 5.74) is 5.64. The Morgan fingerprint density at radius 3 is 2.79 bits per heavy atom. The molecule has 1 aromatic heterocycles. The zero-order valence-electron chi connectivity index (χ0n) is 8.62. The van der Waals surface area contributed by atoms with Crippen LogP contribution in [-0.4, -0.2) is 16.7 Å². The molecule has 1 aromatic rings. The smallest absolute Gasteiger partial charge is 0.330 e. The second-order valence-electron chi connectivity index (χ2n) is 3.59. The molecule has 0 amide bonds. The lowest BCUT2D eigenvalue weighted by Crippen LogP contribution is -2.21. The van der Waals surface area contributed by atoms with E-state index in [9.17, 15) is 4.79 Å². The molecule has 0 bridgehead atoms. The first-order valence-corrected chi connectivity index (χ1v) is 4.95. The lowest BCUT2D eigenvalue weighted by molar-refractivity contribution is 0.358. The number of hydrogen-bond acceptors (Lipinski definition) is 4. The summed E-state index contributed by atoms with van der Waals surface area (Å²) in [7, 11) is 0. The fourth-order valence-corrected chi connectivity index (χ4v) is 1.67. The molecule has 0 saturated heterocycles. The van der Waals surface area contributed by atoms with Crippen LogP contribution >= 0.6 is 0 Å². The highest BCUT2D eigenvalue weighted by Gasteiger charge is 2.21. The van der Waals surface area contributed by atoms with Gasteiger partial charge in [-0.3, -0.25) is 9.51 Å². The number of aromatic amines is 1. The molecule has 0 fully saturated rings. The Morgan fingerprint density at radius 1 is 1.64 bits per heavy atom. The second-order valence-corrected chi connectivity index (χ2v) is 3.59. The minimum atomic E-state index is -0.512. The van der Waals surface area contributed by atoms with Crippen LogP contribution in [0.5, 0.6) is 0 Å². The van der Waals surface area contributed by atoms with Crippen molar-refractivity contribution in [2.45, 2.75) is 32.6 Å². The van der Waals surface area contributed by atoms with E-state index in [1.165, 1.54) is 0 Å². The highest BCUT2D eigenvalue weighted by atomic mass is 16.5. The van der Waals surface area contributed by atoms with Crippen molar-refractivity contribution in [1.82, 2.24) is 10.1 Å². The van der Waals surface area contributed by atoms with Crippen LogP contribution in [0.15, 0.2) is 9.32 Å². The topological polar surface area (TPSA) is 84.9 Å². The molecule has 0 aliphatic heterocycles. The van der Waals surface area contributed by atoms with Gasteiger partial charge >= 0.3 is 5.76 Å². The molecule has 0 radical (unpaired) electrons. The largest absolute Gasteiger partial charge is 0.438 e. The predicted octanol–water partition coefficient (Wildman–Crippen LogP) is 0.841. The zero-order valence-corrected chi connectivity index (χ0v) is 8.62. The standard InChI is InChI=1S/C9H17N3O2/c1-3-4-6(2)7(5-10)8-11-9(13)14-12-8/h6-7H,3-5,10H2,1-2H3,(H,11,12,13). The molecule has 2 unspecified atom stereocenters. The van der Waals surface area contributed by atoms with Gasteiger partial charge in [0.05, 0.1) is 0 Å². The summed E-state index contributed by atoms with van der Waals surface area (Å²) in [6, 6.07) is 0. The summed E-state index contributed by atoms with van der Waals surface area (Å²) < 4.78 is 4.46. The molecule has 80 valence electrons. The molecule has 0 saturated carbocycles. The Balaban J connectivity index is 2.76. The zero-order chi connectivity index (χ0) is 10.6. The van der Waals surface area contributed by atoms with Gasteiger partial charge in [-0.15, -0.1) is 0 Å². The molecule has 5 heteroatoms. The summed E-state index contributed by atoms with van der Waals surface area (Å²) in [4.78, 5) is 13.3. The minimum absolute atomic E-state index is 0.0846. The van der Waals surface area contributed by atoms with Crippen LogP contribution in [0.3, 0.4) is 0 Å². The summed E-state index contributed by atoms with van der Waals surface area (Å²) in [6.07, 6.45) is 2.16. The average molecular weight is 199 g/mol. The van der Waals surface area contributed by atoms with E-state index < -0.39 is 5.76 Å². The number of nitrogens with one attached hydrogen (secondary N) is 1. The van der Waals surface area contributed by atoms with Crippen molar-refractivity contribution >= 4 is 0 Å². The van der Waals surface area contributed by atoms with E-state index in [1.807, 2.05) is 0 Å². The first kappa shape index (κ1) is 11.0. The van der Waals surface area contributed by atoms with E-state index in [-0.39, 0.29) is 5.92 Å². The summed E-state index contributed by atoms with van der Waals surface area (Å²) in [5, 5.41) is 3.67.